The number of anilines is 1. The molecule has 0 aliphatic carbocycles. The second kappa shape index (κ2) is 10.5. The SMILES string of the molecule is Cc1nc(NC(C)(C)CC(C)(C)C)nc(C(C2CC(C)(C)NC(C)(C)C2)N(C)C2CC(C)(C)NC(C)(C)C2)n1. The molecule has 1 unspecified atom stereocenters. The molecule has 3 heterocycles. The number of hydrogen-bond acceptors (Lipinski definition) is 7. The molecule has 7 heteroatoms. The smallest absolute Gasteiger partial charge is 0.226 e. The zero-order valence-electron chi connectivity index (χ0n) is 28.1. The third-order valence-electron chi connectivity index (χ3n) is 8.30. The molecule has 2 aliphatic rings. The van der Waals surface area contributed by atoms with Crippen LogP contribution in [0.5, 0.6) is 0 Å². The third-order valence-corrected chi connectivity index (χ3v) is 8.30. The van der Waals surface area contributed by atoms with Crippen molar-refractivity contribution >= 4 is 5.95 Å². The Bertz CT molecular complexity index is 970. The highest BCUT2D eigenvalue weighted by molar-refractivity contribution is 5.30. The lowest BCUT2D eigenvalue weighted by Gasteiger charge is -2.53. The Labute approximate surface area is 240 Å². The molecule has 0 spiro atoms. The third kappa shape index (κ3) is 9.09. The molecule has 7 nitrogen and oxygen atoms in total. The van der Waals surface area contributed by atoms with E-state index in [1.807, 2.05) is 6.92 Å². The van der Waals surface area contributed by atoms with Crippen molar-refractivity contribution in [3.05, 3.63) is 11.6 Å². The molecule has 3 rings (SSSR count). The van der Waals surface area contributed by atoms with Crippen molar-refractivity contribution in [2.45, 2.75) is 169 Å². The summed E-state index contributed by atoms with van der Waals surface area (Å²) >= 11 is 0. The summed E-state index contributed by atoms with van der Waals surface area (Å²) in [5.74, 6) is 2.81. The van der Waals surface area contributed by atoms with Crippen LogP contribution < -0.4 is 16.0 Å². The summed E-state index contributed by atoms with van der Waals surface area (Å²) in [6.45, 7) is 32.1. The van der Waals surface area contributed by atoms with Gasteiger partial charge in [0.25, 0.3) is 0 Å². The molecule has 0 saturated carbocycles. The van der Waals surface area contributed by atoms with Gasteiger partial charge in [0.05, 0.1) is 6.04 Å². The molecule has 2 aliphatic heterocycles. The number of rotatable bonds is 7. The largest absolute Gasteiger partial charge is 0.349 e. The van der Waals surface area contributed by atoms with Crippen molar-refractivity contribution in [2.24, 2.45) is 11.3 Å². The molecule has 1 atom stereocenters. The van der Waals surface area contributed by atoms with Gasteiger partial charge >= 0.3 is 0 Å². The Morgan fingerprint density at radius 1 is 0.795 bits per heavy atom. The standard InChI is InChI=1S/C32H61N7/c1-21-33-25(35-26(34-21)36-32(13,14)20-27(2,3)4)24(22-16-28(5,6)37-29(7,8)17-22)39(15)23-18-30(9,10)38-31(11,12)19-23/h22-24,37-38H,16-20H2,1-15H3,(H,33,34,35,36). The predicted molar refractivity (Wildman–Crippen MR) is 165 cm³/mol. The van der Waals surface area contributed by atoms with Gasteiger partial charge in [0.1, 0.15) is 5.82 Å². The van der Waals surface area contributed by atoms with Gasteiger partial charge in [-0.2, -0.15) is 9.97 Å². The topological polar surface area (TPSA) is 78.0 Å². The molecule has 0 radical (unpaired) electrons. The first-order chi connectivity index (χ1) is 17.4. The lowest BCUT2D eigenvalue weighted by atomic mass is 9.71. The Morgan fingerprint density at radius 3 is 1.72 bits per heavy atom. The minimum atomic E-state index is -0.132. The Morgan fingerprint density at radius 2 is 1.26 bits per heavy atom. The summed E-state index contributed by atoms with van der Waals surface area (Å²) in [6.07, 6.45) is 5.35. The van der Waals surface area contributed by atoms with Crippen molar-refractivity contribution < 1.29 is 0 Å². The van der Waals surface area contributed by atoms with Crippen LogP contribution in [0.4, 0.5) is 5.95 Å². The molecular formula is C32H61N7. The highest BCUT2D eigenvalue weighted by atomic mass is 15.3. The van der Waals surface area contributed by atoms with Crippen LogP contribution in [0.2, 0.25) is 0 Å². The van der Waals surface area contributed by atoms with Crippen LogP contribution in [0.3, 0.4) is 0 Å². The van der Waals surface area contributed by atoms with Gasteiger partial charge in [0.15, 0.2) is 5.82 Å². The number of nitrogens with one attached hydrogen (secondary N) is 3. The van der Waals surface area contributed by atoms with Crippen LogP contribution >= 0.6 is 0 Å². The summed E-state index contributed by atoms with van der Waals surface area (Å²) in [4.78, 5) is 17.7. The molecule has 0 bridgehead atoms. The van der Waals surface area contributed by atoms with Gasteiger partial charge in [0.2, 0.25) is 5.95 Å². The van der Waals surface area contributed by atoms with Crippen molar-refractivity contribution in [3.8, 4) is 0 Å². The molecule has 2 fully saturated rings. The lowest BCUT2D eigenvalue weighted by Crippen LogP contribution is -2.63. The zero-order chi connectivity index (χ0) is 29.8. The summed E-state index contributed by atoms with van der Waals surface area (Å²) < 4.78 is 0. The van der Waals surface area contributed by atoms with Crippen LogP contribution in [-0.2, 0) is 0 Å². The van der Waals surface area contributed by atoms with Gasteiger partial charge in [0, 0.05) is 33.7 Å². The maximum Gasteiger partial charge on any atom is 0.226 e. The van der Waals surface area contributed by atoms with E-state index in [0.717, 1.165) is 43.8 Å². The van der Waals surface area contributed by atoms with Crippen LogP contribution in [0, 0.1) is 18.3 Å². The van der Waals surface area contributed by atoms with Gasteiger partial charge in [-0.1, -0.05) is 20.8 Å². The predicted octanol–water partition coefficient (Wildman–Crippen LogP) is 6.65. The minimum Gasteiger partial charge on any atom is -0.349 e. The molecule has 3 N–H and O–H groups in total. The van der Waals surface area contributed by atoms with E-state index < -0.39 is 0 Å². The normalized spacial score (nSPS) is 24.5. The first kappa shape index (κ1) is 32.2. The quantitative estimate of drug-likeness (QED) is 0.355. The molecule has 1 aromatic heterocycles. The van der Waals surface area contributed by atoms with E-state index in [1.54, 1.807) is 0 Å². The first-order valence-corrected chi connectivity index (χ1v) is 15.2. The van der Waals surface area contributed by atoms with Gasteiger partial charge < -0.3 is 16.0 Å². The molecule has 1 aromatic rings. The number of aromatic nitrogens is 3. The maximum absolute atomic E-state index is 5.20. The molecule has 224 valence electrons. The summed E-state index contributed by atoms with van der Waals surface area (Å²) in [6, 6.07) is 0.529. The van der Waals surface area contributed by atoms with Gasteiger partial charge in [-0.15, -0.1) is 0 Å². The van der Waals surface area contributed by atoms with E-state index in [4.69, 9.17) is 15.0 Å². The summed E-state index contributed by atoms with van der Waals surface area (Å²) in [7, 11) is 2.32. The average molecular weight is 544 g/mol. The first-order valence-electron chi connectivity index (χ1n) is 15.2. The van der Waals surface area contributed by atoms with Crippen LogP contribution in [0.1, 0.15) is 140 Å². The fourth-order valence-electron chi connectivity index (χ4n) is 8.50. The van der Waals surface area contributed by atoms with Crippen molar-refractivity contribution in [3.63, 3.8) is 0 Å². The minimum absolute atomic E-state index is 0.0377. The molecule has 39 heavy (non-hydrogen) atoms. The molecular weight excluding hydrogens is 482 g/mol. The van der Waals surface area contributed by atoms with Gasteiger partial charge in [-0.05, 0) is 127 Å². The highest BCUT2D eigenvalue weighted by Gasteiger charge is 2.47. The van der Waals surface area contributed by atoms with Crippen molar-refractivity contribution in [1.82, 2.24) is 30.5 Å². The van der Waals surface area contributed by atoms with E-state index in [2.05, 4.69) is 118 Å². The monoisotopic (exact) mass is 543 g/mol. The second-order valence-corrected chi connectivity index (χ2v) is 17.4. The fraction of sp³-hybridized carbons (Fsp3) is 0.906. The Kier molecular flexibility index (Phi) is 8.68. The number of piperidine rings is 2. The molecule has 0 amide bonds. The Balaban J connectivity index is 2.07. The second-order valence-electron chi connectivity index (χ2n) is 17.4. The van der Waals surface area contributed by atoms with E-state index in [1.165, 1.54) is 0 Å². The van der Waals surface area contributed by atoms with E-state index in [9.17, 15) is 0 Å². The maximum atomic E-state index is 5.20. The highest BCUT2D eigenvalue weighted by Crippen LogP contribution is 2.44. The van der Waals surface area contributed by atoms with Crippen LogP contribution in [0.25, 0.3) is 0 Å². The van der Waals surface area contributed by atoms with Crippen LogP contribution in [-0.4, -0.2) is 60.6 Å². The average Bonchev–Trinajstić information content (AvgIpc) is 2.59. The van der Waals surface area contributed by atoms with Gasteiger partial charge in [-0.3, -0.25) is 4.90 Å². The number of nitrogens with zero attached hydrogens (tertiary/aromatic N) is 4. The molecule has 2 saturated heterocycles. The van der Waals surface area contributed by atoms with E-state index in [0.29, 0.717) is 17.9 Å². The summed E-state index contributed by atoms with van der Waals surface area (Å²) in [5, 5.41) is 11.5. The summed E-state index contributed by atoms with van der Waals surface area (Å²) in [5.41, 5.74) is 0.275. The number of hydrogen-bond donors (Lipinski definition) is 3. The van der Waals surface area contributed by atoms with E-state index in [-0.39, 0.29) is 39.2 Å². The fourth-order valence-corrected chi connectivity index (χ4v) is 8.50. The molecule has 0 aromatic carbocycles. The van der Waals surface area contributed by atoms with Crippen molar-refractivity contribution in [1.29, 1.82) is 0 Å². The zero-order valence-corrected chi connectivity index (χ0v) is 28.1. The lowest BCUT2D eigenvalue weighted by molar-refractivity contribution is 0.00429. The van der Waals surface area contributed by atoms with Gasteiger partial charge in [-0.25, -0.2) is 4.98 Å². The van der Waals surface area contributed by atoms with Crippen LogP contribution in [0.15, 0.2) is 0 Å². The van der Waals surface area contributed by atoms with E-state index >= 15 is 0 Å². The Hall–Kier alpha value is -1.31. The van der Waals surface area contributed by atoms with Crippen molar-refractivity contribution in [2.75, 3.05) is 12.4 Å². The number of aryl methyl sites for hydroxylation is 1.